The summed E-state index contributed by atoms with van der Waals surface area (Å²) >= 11 is 0. The Hall–Kier alpha value is -3.03. The van der Waals surface area contributed by atoms with Crippen LogP contribution in [0.5, 0.6) is 5.75 Å². The van der Waals surface area contributed by atoms with Crippen LogP contribution in [0, 0.1) is 17.0 Å². The lowest BCUT2D eigenvalue weighted by atomic mass is 9.78. The molecule has 206 valence electrons. The van der Waals surface area contributed by atoms with E-state index in [1.807, 2.05) is 53.4 Å². The minimum absolute atomic E-state index is 0.0142. The molecule has 0 radical (unpaired) electrons. The highest BCUT2D eigenvalue weighted by molar-refractivity contribution is 5.54. The molecule has 39 heavy (non-hydrogen) atoms. The van der Waals surface area contributed by atoms with Crippen molar-refractivity contribution in [2.75, 3.05) is 44.2 Å². The molecular weight excluding hydrogens is 499 g/mol. The van der Waals surface area contributed by atoms with E-state index in [4.69, 9.17) is 4.74 Å². The second-order valence-corrected chi connectivity index (χ2v) is 12.1. The molecule has 0 saturated carbocycles. The van der Waals surface area contributed by atoms with Crippen LogP contribution < -0.4 is 15.0 Å². The fourth-order valence-electron chi connectivity index (χ4n) is 6.50. The number of nitrogens with one attached hydrogen (secondary N) is 1. The van der Waals surface area contributed by atoms with Gasteiger partial charge in [-0.3, -0.25) is 4.90 Å². The first-order chi connectivity index (χ1) is 18.7. The zero-order valence-corrected chi connectivity index (χ0v) is 22.7. The molecule has 7 heteroatoms. The Labute approximate surface area is 228 Å². The lowest BCUT2D eigenvalue weighted by Gasteiger charge is -2.49. The third kappa shape index (κ3) is 5.39. The van der Waals surface area contributed by atoms with Crippen LogP contribution >= 0.6 is 0 Å². The molecule has 2 fully saturated rings. The van der Waals surface area contributed by atoms with Crippen molar-refractivity contribution in [3.63, 3.8) is 0 Å². The predicted molar refractivity (Wildman–Crippen MR) is 148 cm³/mol. The Morgan fingerprint density at radius 1 is 1.03 bits per heavy atom. The van der Waals surface area contributed by atoms with Crippen molar-refractivity contribution in [3.05, 3.63) is 94.6 Å². The fourth-order valence-corrected chi connectivity index (χ4v) is 6.50. The maximum absolute atomic E-state index is 15.8. The van der Waals surface area contributed by atoms with Crippen molar-refractivity contribution < 1.29 is 17.9 Å². The predicted octanol–water partition coefficient (Wildman–Crippen LogP) is 6.04. The summed E-state index contributed by atoms with van der Waals surface area (Å²) in [5, 5.41) is 3.39. The summed E-state index contributed by atoms with van der Waals surface area (Å²) in [5.74, 6) is -0.459. The molecule has 3 aliphatic rings. The highest BCUT2D eigenvalue weighted by Crippen LogP contribution is 2.43. The first-order valence-electron chi connectivity index (χ1n) is 13.9. The van der Waals surface area contributed by atoms with E-state index in [9.17, 15) is 4.39 Å². The third-order valence-electron chi connectivity index (χ3n) is 8.36. The number of fused-ring (bicyclic) bond motifs is 1. The van der Waals surface area contributed by atoms with Gasteiger partial charge >= 0.3 is 0 Å². The van der Waals surface area contributed by atoms with E-state index in [-0.39, 0.29) is 17.5 Å². The van der Waals surface area contributed by atoms with Crippen molar-refractivity contribution in [1.82, 2.24) is 10.2 Å². The Kier molecular flexibility index (Phi) is 6.84. The van der Waals surface area contributed by atoms with Crippen molar-refractivity contribution in [2.24, 2.45) is 5.41 Å². The molecule has 1 spiro atoms. The molecule has 1 N–H and O–H groups in total. The smallest absolute Gasteiger partial charge is 0.133 e. The number of ether oxygens (including phenoxy) is 1. The number of halogens is 3. The standard InChI is InChI=1S/C32H36F3N3O/c1-31(2,35)19-37-13-10-23-14-25(39-17-22-6-4-3-5-7-22)8-9-26(23)30(37)29-27(33)15-24(16-28(29)34)38-20-32(21-38)11-12-36-18-32/h3-9,14-16,30,36H,10-13,17-21H2,1-2H3. The van der Waals surface area contributed by atoms with Gasteiger partial charge < -0.3 is 15.0 Å². The first-order valence-corrected chi connectivity index (χ1v) is 13.9. The van der Waals surface area contributed by atoms with Crippen LogP contribution in [0.25, 0.3) is 0 Å². The van der Waals surface area contributed by atoms with Gasteiger partial charge in [0.25, 0.3) is 0 Å². The van der Waals surface area contributed by atoms with Crippen molar-refractivity contribution in [1.29, 1.82) is 0 Å². The number of hydrogen-bond acceptors (Lipinski definition) is 4. The molecule has 3 aliphatic heterocycles. The quantitative estimate of drug-likeness (QED) is 0.399. The summed E-state index contributed by atoms with van der Waals surface area (Å²) in [7, 11) is 0. The zero-order valence-electron chi connectivity index (χ0n) is 22.7. The number of benzene rings is 3. The minimum atomic E-state index is -1.51. The van der Waals surface area contributed by atoms with Crippen LogP contribution in [0.2, 0.25) is 0 Å². The molecular formula is C32H36F3N3O. The summed E-state index contributed by atoms with van der Waals surface area (Å²) in [4.78, 5) is 3.92. The normalized spacial score (nSPS) is 20.6. The van der Waals surface area contributed by atoms with Crippen molar-refractivity contribution in [3.8, 4) is 5.75 Å². The second kappa shape index (κ2) is 10.2. The molecule has 0 bridgehead atoms. The Balaban J connectivity index is 1.30. The van der Waals surface area contributed by atoms with E-state index < -0.39 is 23.3 Å². The average Bonchev–Trinajstić information content (AvgIpc) is 3.37. The maximum atomic E-state index is 15.8. The third-order valence-corrected chi connectivity index (χ3v) is 8.36. The van der Waals surface area contributed by atoms with Crippen LogP contribution in [-0.2, 0) is 13.0 Å². The van der Waals surface area contributed by atoms with E-state index in [2.05, 4.69) is 10.2 Å². The summed E-state index contributed by atoms with van der Waals surface area (Å²) in [6, 6.07) is 17.8. The van der Waals surface area contributed by atoms with Gasteiger partial charge in [-0.2, -0.15) is 0 Å². The van der Waals surface area contributed by atoms with Gasteiger partial charge in [-0.1, -0.05) is 36.4 Å². The first kappa shape index (κ1) is 26.2. The molecule has 3 aromatic rings. The Morgan fingerprint density at radius 3 is 2.44 bits per heavy atom. The number of alkyl halides is 1. The van der Waals surface area contributed by atoms with Gasteiger partial charge in [0.2, 0.25) is 0 Å². The topological polar surface area (TPSA) is 27.7 Å². The average molecular weight is 536 g/mol. The molecule has 0 aromatic heterocycles. The number of nitrogens with zero attached hydrogens (tertiary/aromatic N) is 2. The SMILES string of the molecule is CC(C)(F)CN1CCc2cc(OCc3ccccc3)ccc2C1c1c(F)cc(N2CC3(CCNC3)C2)cc1F. The monoisotopic (exact) mass is 535 g/mol. The molecule has 0 amide bonds. The summed E-state index contributed by atoms with van der Waals surface area (Å²) in [6.45, 7) is 7.58. The van der Waals surface area contributed by atoms with Crippen LogP contribution in [0.3, 0.4) is 0 Å². The number of anilines is 1. The van der Waals surface area contributed by atoms with Crippen LogP contribution in [0.4, 0.5) is 18.9 Å². The van der Waals surface area contributed by atoms with Crippen molar-refractivity contribution >= 4 is 5.69 Å². The van der Waals surface area contributed by atoms with Crippen LogP contribution in [0.1, 0.15) is 48.6 Å². The molecule has 4 nitrogen and oxygen atoms in total. The lowest BCUT2D eigenvalue weighted by Crippen LogP contribution is -2.57. The number of rotatable bonds is 7. The Bertz CT molecular complexity index is 1300. The highest BCUT2D eigenvalue weighted by Gasteiger charge is 2.45. The van der Waals surface area contributed by atoms with Crippen LogP contribution in [0.15, 0.2) is 60.7 Å². The van der Waals surface area contributed by atoms with Gasteiger partial charge in [-0.15, -0.1) is 0 Å². The summed E-state index contributed by atoms with van der Waals surface area (Å²) in [5.41, 5.74) is 2.10. The second-order valence-electron chi connectivity index (χ2n) is 12.1. The van der Waals surface area contributed by atoms with Gasteiger partial charge in [-0.25, -0.2) is 13.2 Å². The molecule has 1 unspecified atom stereocenters. The molecule has 3 aromatic carbocycles. The lowest BCUT2D eigenvalue weighted by molar-refractivity contribution is 0.0972. The van der Waals surface area contributed by atoms with Crippen LogP contribution in [-0.4, -0.2) is 49.8 Å². The van der Waals surface area contributed by atoms with Crippen molar-refractivity contribution in [2.45, 2.75) is 45.0 Å². The minimum Gasteiger partial charge on any atom is -0.489 e. The largest absolute Gasteiger partial charge is 0.489 e. The van der Waals surface area contributed by atoms with E-state index in [0.29, 0.717) is 31.0 Å². The van der Waals surface area contributed by atoms with Gasteiger partial charge in [0, 0.05) is 49.4 Å². The summed E-state index contributed by atoms with van der Waals surface area (Å²) in [6.07, 6.45) is 1.74. The number of hydrogen-bond donors (Lipinski definition) is 1. The van der Waals surface area contributed by atoms with E-state index in [1.54, 1.807) is 0 Å². The molecule has 1 atom stereocenters. The van der Waals surface area contributed by atoms with Gasteiger partial charge in [0.15, 0.2) is 0 Å². The molecule has 6 rings (SSSR count). The maximum Gasteiger partial charge on any atom is 0.133 e. The molecule has 3 heterocycles. The van der Waals surface area contributed by atoms with E-state index in [1.165, 1.54) is 26.0 Å². The molecule has 2 saturated heterocycles. The summed E-state index contributed by atoms with van der Waals surface area (Å²) < 4.78 is 52.6. The van der Waals surface area contributed by atoms with E-state index in [0.717, 1.165) is 49.3 Å². The zero-order chi connectivity index (χ0) is 27.2. The van der Waals surface area contributed by atoms with Gasteiger partial charge in [0.05, 0.1) is 6.04 Å². The van der Waals surface area contributed by atoms with Gasteiger partial charge in [-0.05, 0) is 74.2 Å². The fraction of sp³-hybridized carbons (Fsp3) is 0.438. The molecule has 0 aliphatic carbocycles. The van der Waals surface area contributed by atoms with Gasteiger partial charge in [0.1, 0.15) is 29.7 Å². The van der Waals surface area contributed by atoms with E-state index >= 15 is 8.78 Å². The Morgan fingerprint density at radius 2 is 1.77 bits per heavy atom. The highest BCUT2D eigenvalue weighted by atomic mass is 19.1.